The molecule has 0 aromatic heterocycles. The van der Waals surface area contributed by atoms with Gasteiger partial charge in [-0.15, -0.1) is 0 Å². The normalized spacial score (nSPS) is 27.4. The summed E-state index contributed by atoms with van der Waals surface area (Å²) in [5.74, 6) is 1.46. The van der Waals surface area contributed by atoms with Crippen LogP contribution in [0.25, 0.3) is 0 Å². The minimum Gasteiger partial charge on any atom is -0.497 e. The number of hydrogen-bond acceptors (Lipinski definition) is 5. The lowest BCUT2D eigenvalue weighted by Gasteiger charge is -2.19. The van der Waals surface area contributed by atoms with Gasteiger partial charge in [-0.05, 0) is 36.5 Å². The van der Waals surface area contributed by atoms with Crippen molar-refractivity contribution >= 4 is 5.91 Å². The molecule has 3 rings (SSSR count). The fraction of sp³-hybridized carbons (Fsp3) is 0.588. The van der Waals surface area contributed by atoms with E-state index in [1.807, 2.05) is 17.0 Å². The maximum absolute atomic E-state index is 11.9. The number of carbonyl (C=O) groups excluding carboxylic acids is 1. The van der Waals surface area contributed by atoms with E-state index in [0.29, 0.717) is 18.0 Å². The van der Waals surface area contributed by atoms with Crippen molar-refractivity contribution in [3.05, 3.63) is 29.8 Å². The molecule has 6 heteroatoms. The van der Waals surface area contributed by atoms with Gasteiger partial charge < -0.3 is 14.4 Å². The second-order valence-corrected chi connectivity index (χ2v) is 6.28. The Balaban J connectivity index is 1.54. The molecule has 3 unspecified atom stereocenters. The number of amides is 1. The Morgan fingerprint density at radius 2 is 2.04 bits per heavy atom. The highest BCUT2D eigenvalue weighted by Gasteiger charge is 2.36. The van der Waals surface area contributed by atoms with Gasteiger partial charge in [-0.3, -0.25) is 15.6 Å². The molecule has 3 atom stereocenters. The molecule has 0 saturated carbocycles. The van der Waals surface area contributed by atoms with E-state index in [0.717, 1.165) is 31.7 Å². The van der Waals surface area contributed by atoms with E-state index in [-0.39, 0.29) is 12.5 Å². The number of methoxy groups -OCH3 is 2. The summed E-state index contributed by atoms with van der Waals surface area (Å²) >= 11 is 0. The minimum absolute atomic E-state index is 0.0904. The zero-order valence-electron chi connectivity index (χ0n) is 13.7. The Bertz CT molecular complexity index is 534. The van der Waals surface area contributed by atoms with Gasteiger partial charge in [0.1, 0.15) is 12.4 Å². The first-order valence-electron chi connectivity index (χ1n) is 8.13. The molecule has 23 heavy (non-hydrogen) atoms. The van der Waals surface area contributed by atoms with Crippen LogP contribution in [-0.4, -0.2) is 50.8 Å². The molecule has 2 aliphatic heterocycles. The Labute approximate surface area is 137 Å². The number of ether oxygens (including phenoxy) is 2. The second-order valence-electron chi connectivity index (χ2n) is 6.28. The van der Waals surface area contributed by atoms with Gasteiger partial charge in [0.15, 0.2) is 0 Å². The first kappa shape index (κ1) is 16.2. The van der Waals surface area contributed by atoms with Gasteiger partial charge in [0.05, 0.1) is 7.11 Å². The summed E-state index contributed by atoms with van der Waals surface area (Å²) in [5, 5.41) is 0. The maximum Gasteiger partial charge on any atom is 0.248 e. The summed E-state index contributed by atoms with van der Waals surface area (Å²) < 4.78 is 10.1. The fourth-order valence-corrected chi connectivity index (χ4v) is 3.50. The number of carbonyl (C=O) groups is 1. The molecule has 2 N–H and O–H groups in total. The van der Waals surface area contributed by atoms with Gasteiger partial charge in [0.2, 0.25) is 5.91 Å². The summed E-state index contributed by atoms with van der Waals surface area (Å²) in [6.45, 7) is 1.83. The number of rotatable bonds is 5. The summed E-state index contributed by atoms with van der Waals surface area (Å²) in [5.41, 5.74) is 8.06. The molecular formula is C17H25N3O3. The molecule has 126 valence electrons. The van der Waals surface area contributed by atoms with Crippen molar-refractivity contribution in [1.29, 1.82) is 0 Å². The summed E-state index contributed by atoms with van der Waals surface area (Å²) in [6.07, 6.45) is 2.08. The highest BCUT2D eigenvalue weighted by molar-refractivity contribution is 5.77. The third-order valence-corrected chi connectivity index (χ3v) is 4.87. The Morgan fingerprint density at radius 1 is 1.26 bits per heavy atom. The van der Waals surface area contributed by atoms with Crippen LogP contribution in [0.2, 0.25) is 0 Å². The third kappa shape index (κ3) is 3.65. The van der Waals surface area contributed by atoms with Crippen molar-refractivity contribution in [1.82, 2.24) is 15.8 Å². The number of nitrogens with zero attached hydrogens (tertiary/aromatic N) is 1. The van der Waals surface area contributed by atoms with Crippen LogP contribution in [-0.2, 0) is 9.53 Å². The van der Waals surface area contributed by atoms with Crippen molar-refractivity contribution in [2.75, 3.05) is 33.9 Å². The molecule has 2 heterocycles. The summed E-state index contributed by atoms with van der Waals surface area (Å²) in [6, 6.07) is 8.88. The van der Waals surface area contributed by atoms with Gasteiger partial charge in [0, 0.05) is 32.3 Å². The number of hydrazine groups is 1. The van der Waals surface area contributed by atoms with Crippen LogP contribution < -0.4 is 15.6 Å². The number of hydrogen-bond donors (Lipinski definition) is 2. The quantitative estimate of drug-likeness (QED) is 0.851. The Kier molecular flexibility index (Phi) is 5.15. The van der Waals surface area contributed by atoms with E-state index < -0.39 is 0 Å². The van der Waals surface area contributed by atoms with Gasteiger partial charge in [-0.1, -0.05) is 12.1 Å². The van der Waals surface area contributed by atoms with E-state index in [9.17, 15) is 4.79 Å². The van der Waals surface area contributed by atoms with Crippen LogP contribution >= 0.6 is 0 Å². The number of likely N-dealkylation sites (tertiary alicyclic amines) is 1. The molecule has 0 radical (unpaired) electrons. The molecule has 0 bridgehead atoms. The van der Waals surface area contributed by atoms with E-state index in [2.05, 4.69) is 23.0 Å². The van der Waals surface area contributed by atoms with Crippen molar-refractivity contribution < 1.29 is 14.3 Å². The van der Waals surface area contributed by atoms with E-state index >= 15 is 0 Å². The van der Waals surface area contributed by atoms with Crippen molar-refractivity contribution in [2.24, 2.45) is 5.92 Å². The second kappa shape index (κ2) is 7.29. The van der Waals surface area contributed by atoms with Gasteiger partial charge in [-0.2, -0.15) is 0 Å². The van der Waals surface area contributed by atoms with E-state index in [4.69, 9.17) is 9.47 Å². The maximum atomic E-state index is 11.9. The van der Waals surface area contributed by atoms with Crippen LogP contribution in [0.3, 0.4) is 0 Å². The van der Waals surface area contributed by atoms with E-state index in [1.54, 1.807) is 14.2 Å². The fourth-order valence-electron chi connectivity index (χ4n) is 3.50. The molecule has 2 fully saturated rings. The monoisotopic (exact) mass is 319 g/mol. The van der Waals surface area contributed by atoms with Crippen molar-refractivity contribution in [3.8, 4) is 5.75 Å². The van der Waals surface area contributed by atoms with Crippen molar-refractivity contribution in [3.63, 3.8) is 0 Å². The molecule has 2 aliphatic rings. The van der Waals surface area contributed by atoms with Crippen LogP contribution in [0.15, 0.2) is 24.3 Å². The van der Waals surface area contributed by atoms with Crippen LogP contribution in [0.4, 0.5) is 0 Å². The molecule has 1 amide bonds. The SMILES string of the molecule is COCC(=O)N1CCC(C2CC(c3ccc(OC)cc3)NN2)C1. The van der Waals surface area contributed by atoms with E-state index in [1.165, 1.54) is 5.56 Å². The third-order valence-electron chi connectivity index (χ3n) is 4.87. The highest BCUT2D eigenvalue weighted by atomic mass is 16.5. The first-order chi connectivity index (χ1) is 11.2. The molecule has 6 nitrogen and oxygen atoms in total. The summed E-state index contributed by atoms with van der Waals surface area (Å²) in [4.78, 5) is 13.8. The molecule has 1 aromatic rings. The Morgan fingerprint density at radius 3 is 2.74 bits per heavy atom. The average Bonchev–Trinajstić information content (AvgIpc) is 3.24. The zero-order chi connectivity index (χ0) is 16.2. The zero-order valence-corrected chi connectivity index (χ0v) is 13.7. The Hall–Kier alpha value is -1.63. The van der Waals surface area contributed by atoms with Crippen LogP contribution in [0.5, 0.6) is 5.75 Å². The largest absolute Gasteiger partial charge is 0.497 e. The van der Waals surface area contributed by atoms with Gasteiger partial charge in [-0.25, -0.2) is 0 Å². The topological polar surface area (TPSA) is 62.8 Å². The predicted octanol–water partition coefficient (Wildman–Crippen LogP) is 1.10. The standard InChI is InChI=1S/C17H25N3O3/c1-22-11-17(21)20-8-7-13(10-20)16-9-15(18-19-16)12-3-5-14(23-2)6-4-12/h3-6,13,15-16,18-19H,7-11H2,1-2H3. The first-order valence-corrected chi connectivity index (χ1v) is 8.13. The molecule has 2 saturated heterocycles. The molecule has 0 spiro atoms. The minimum atomic E-state index is 0.0904. The lowest BCUT2D eigenvalue weighted by molar-refractivity contribution is -0.134. The summed E-state index contributed by atoms with van der Waals surface area (Å²) in [7, 11) is 3.24. The van der Waals surface area contributed by atoms with Crippen LogP contribution in [0.1, 0.15) is 24.4 Å². The highest BCUT2D eigenvalue weighted by Crippen LogP contribution is 2.30. The number of benzene rings is 1. The average molecular weight is 319 g/mol. The molecule has 1 aromatic carbocycles. The molecule has 0 aliphatic carbocycles. The number of nitrogens with one attached hydrogen (secondary N) is 2. The van der Waals surface area contributed by atoms with Crippen LogP contribution in [0, 0.1) is 5.92 Å². The molecular weight excluding hydrogens is 294 g/mol. The van der Waals surface area contributed by atoms with Gasteiger partial charge in [0.25, 0.3) is 0 Å². The van der Waals surface area contributed by atoms with Crippen molar-refractivity contribution in [2.45, 2.75) is 24.9 Å². The van der Waals surface area contributed by atoms with Gasteiger partial charge >= 0.3 is 0 Å². The lowest BCUT2D eigenvalue weighted by Crippen LogP contribution is -2.38. The lowest BCUT2D eigenvalue weighted by atomic mass is 9.93. The smallest absolute Gasteiger partial charge is 0.248 e. The predicted molar refractivity (Wildman–Crippen MR) is 87.0 cm³/mol.